The normalized spacial score (nSPS) is 16.1. The van der Waals surface area contributed by atoms with Crippen LogP contribution in [0.2, 0.25) is 0 Å². The Kier molecular flexibility index (Phi) is 8.82. The number of nitrogens with zero attached hydrogens (tertiary/aromatic N) is 3. The smallest absolute Gasteiger partial charge is 0.307 e. The first-order valence-electron chi connectivity index (χ1n) is 13.2. The van der Waals surface area contributed by atoms with Crippen LogP contribution in [0.3, 0.4) is 0 Å². The fourth-order valence-electron chi connectivity index (χ4n) is 5.07. The molecule has 0 saturated heterocycles. The minimum Gasteiger partial charge on any atom is -0.466 e. The lowest BCUT2D eigenvalue weighted by Crippen LogP contribution is -2.48. The van der Waals surface area contributed by atoms with Gasteiger partial charge in [0.2, 0.25) is 0 Å². The van der Waals surface area contributed by atoms with E-state index in [0.717, 1.165) is 16.9 Å². The molecule has 7 nitrogen and oxygen atoms in total. The van der Waals surface area contributed by atoms with Gasteiger partial charge in [0.05, 0.1) is 35.9 Å². The van der Waals surface area contributed by atoms with Crippen molar-refractivity contribution in [3.8, 4) is 6.07 Å². The van der Waals surface area contributed by atoms with E-state index in [2.05, 4.69) is 6.07 Å². The molecule has 0 fully saturated rings. The van der Waals surface area contributed by atoms with Crippen molar-refractivity contribution in [3.05, 3.63) is 87.1 Å². The number of thiophene rings is 1. The SMILES string of the molecule is CCOC(=O)CC(C)N1C(=O)c2cc(CCc3cc(C#N)cs3)ccc2N(C(C)C)C(=O)C1c1ccccc1. The summed E-state index contributed by atoms with van der Waals surface area (Å²) in [6, 6.07) is 17.3. The van der Waals surface area contributed by atoms with Gasteiger partial charge in [-0.2, -0.15) is 5.26 Å². The first kappa shape index (κ1) is 28.1. The second-order valence-electron chi connectivity index (χ2n) is 9.95. The molecule has 2 unspecified atom stereocenters. The van der Waals surface area contributed by atoms with Gasteiger partial charge >= 0.3 is 5.97 Å². The number of hydrogen-bond donors (Lipinski definition) is 0. The highest BCUT2D eigenvalue weighted by Crippen LogP contribution is 2.38. The predicted molar refractivity (Wildman–Crippen MR) is 152 cm³/mol. The van der Waals surface area contributed by atoms with Gasteiger partial charge in [0, 0.05) is 22.3 Å². The molecule has 1 aliphatic heterocycles. The average molecular weight is 544 g/mol. The van der Waals surface area contributed by atoms with Crippen LogP contribution >= 0.6 is 11.3 Å². The maximum absolute atomic E-state index is 14.3. The molecule has 1 aromatic heterocycles. The summed E-state index contributed by atoms with van der Waals surface area (Å²) in [7, 11) is 0. The van der Waals surface area contributed by atoms with E-state index in [1.807, 2.05) is 73.8 Å². The molecule has 2 heterocycles. The highest BCUT2D eigenvalue weighted by molar-refractivity contribution is 7.10. The molecule has 2 amide bonds. The fraction of sp³-hybridized carbons (Fsp3) is 0.355. The van der Waals surface area contributed by atoms with Crippen LogP contribution in [0.1, 0.15) is 72.1 Å². The molecule has 39 heavy (non-hydrogen) atoms. The first-order chi connectivity index (χ1) is 18.7. The molecule has 8 heteroatoms. The number of carbonyl (C=O) groups excluding carboxylic acids is 3. The second-order valence-corrected chi connectivity index (χ2v) is 10.9. The molecule has 0 bridgehead atoms. The van der Waals surface area contributed by atoms with Crippen molar-refractivity contribution in [3.63, 3.8) is 0 Å². The number of amides is 2. The Morgan fingerprint density at radius 1 is 1.08 bits per heavy atom. The third kappa shape index (κ3) is 6.04. The van der Waals surface area contributed by atoms with Gasteiger partial charge in [0.1, 0.15) is 6.04 Å². The quantitative estimate of drug-likeness (QED) is 0.324. The molecule has 1 aliphatic rings. The van der Waals surface area contributed by atoms with Gasteiger partial charge in [-0.1, -0.05) is 36.4 Å². The largest absolute Gasteiger partial charge is 0.466 e. The van der Waals surface area contributed by atoms with E-state index in [1.54, 1.807) is 35.0 Å². The number of anilines is 1. The van der Waals surface area contributed by atoms with Crippen molar-refractivity contribution in [2.45, 2.75) is 65.1 Å². The van der Waals surface area contributed by atoms with E-state index in [-0.39, 0.29) is 30.9 Å². The van der Waals surface area contributed by atoms with Crippen molar-refractivity contribution in [1.29, 1.82) is 5.26 Å². The van der Waals surface area contributed by atoms with Crippen LogP contribution in [0, 0.1) is 11.3 Å². The van der Waals surface area contributed by atoms with Gasteiger partial charge in [0.25, 0.3) is 11.8 Å². The minimum atomic E-state index is -0.892. The van der Waals surface area contributed by atoms with Crippen molar-refractivity contribution >= 4 is 34.8 Å². The molecular weight excluding hydrogens is 510 g/mol. The Morgan fingerprint density at radius 3 is 2.46 bits per heavy atom. The number of ether oxygens (including phenoxy) is 1. The summed E-state index contributed by atoms with van der Waals surface area (Å²) >= 11 is 1.55. The number of esters is 1. The first-order valence-corrected chi connectivity index (χ1v) is 14.1. The van der Waals surface area contributed by atoms with E-state index in [9.17, 15) is 14.4 Å². The summed E-state index contributed by atoms with van der Waals surface area (Å²) in [4.78, 5) is 45.4. The van der Waals surface area contributed by atoms with Crippen LogP contribution in [0.4, 0.5) is 5.69 Å². The molecule has 202 valence electrons. The average Bonchev–Trinajstić information content (AvgIpc) is 3.35. The van der Waals surface area contributed by atoms with E-state index in [1.165, 1.54) is 0 Å². The third-order valence-electron chi connectivity index (χ3n) is 6.85. The summed E-state index contributed by atoms with van der Waals surface area (Å²) in [5.41, 5.74) is 3.31. The number of nitriles is 1. The molecule has 3 aromatic rings. The van der Waals surface area contributed by atoms with E-state index in [0.29, 0.717) is 28.8 Å². The Morgan fingerprint density at radius 2 is 1.82 bits per heavy atom. The Bertz CT molecular complexity index is 1390. The summed E-state index contributed by atoms with van der Waals surface area (Å²) in [5, 5.41) is 11.0. The van der Waals surface area contributed by atoms with Crippen LogP contribution < -0.4 is 4.90 Å². The molecule has 0 aliphatic carbocycles. The maximum Gasteiger partial charge on any atom is 0.307 e. The van der Waals surface area contributed by atoms with Crippen molar-refractivity contribution in [2.75, 3.05) is 11.5 Å². The topological polar surface area (TPSA) is 90.7 Å². The molecule has 0 saturated carbocycles. The minimum absolute atomic E-state index is 0.0213. The highest BCUT2D eigenvalue weighted by Gasteiger charge is 2.43. The summed E-state index contributed by atoms with van der Waals surface area (Å²) in [6.45, 7) is 7.64. The van der Waals surface area contributed by atoms with Gasteiger partial charge in [0.15, 0.2) is 0 Å². The zero-order valence-corrected chi connectivity index (χ0v) is 23.5. The van der Waals surface area contributed by atoms with Gasteiger partial charge in [-0.3, -0.25) is 14.4 Å². The Hall–Kier alpha value is -3.96. The third-order valence-corrected chi connectivity index (χ3v) is 7.85. The van der Waals surface area contributed by atoms with E-state index >= 15 is 0 Å². The molecule has 4 rings (SSSR count). The lowest BCUT2D eigenvalue weighted by molar-refractivity contribution is -0.144. The molecule has 0 N–H and O–H groups in total. The van der Waals surface area contributed by atoms with Gasteiger partial charge in [-0.05, 0) is 69.9 Å². The van der Waals surface area contributed by atoms with Crippen molar-refractivity contribution in [2.24, 2.45) is 0 Å². The summed E-state index contributed by atoms with van der Waals surface area (Å²) in [6.07, 6.45) is 1.40. The van der Waals surface area contributed by atoms with E-state index < -0.39 is 18.1 Å². The van der Waals surface area contributed by atoms with Gasteiger partial charge in [-0.15, -0.1) is 11.3 Å². The summed E-state index contributed by atoms with van der Waals surface area (Å²) < 4.78 is 5.18. The van der Waals surface area contributed by atoms with Crippen LogP contribution in [-0.2, 0) is 27.2 Å². The lowest BCUT2D eigenvalue weighted by atomic mass is 10.00. The van der Waals surface area contributed by atoms with Crippen LogP contribution in [0.15, 0.2) is 60.0 Å². The van der Waals surface area contributed by atoms with Gasteiger partial charge in [-0.25, -0.2) is 0 Å². The number of aryl methyl sites for hydroxylation is 2. The zero-order valence-electron chi connectivity index (χ0n) is 22.7. The number of rotatable bonds is 9. The van der Waals surface area contributed by atoms with Crippen LogP contribution in [0.25, 0.3) is 0 Å². The molecule has 2 atom stereocenters. The molecule has 2 aromatic carbocycles. The van der Waals surface area contributed by atoms with Gasteiger partial charge < -0.3 is 14.5 Å². The molecule has 0 radical (unpaired) electrons. The lowest BCUT2D eigenvalue weighted by Gasteiger charge is -2.36. The van der Waals surface area contributed by atoms with Crippen molar-refractivity contribution in [1.82, 2.24) is 4.90 Å². The second kappa shape index (κ2) is 12.3. The van der Waals surface area contributed by atoms with Crippen molar-refractivity contribution < 1.29 is 19.1 Å². The Balaban J connectivity index is 1.78. The van der Waals surface area contributed by atoms with Crippen LogP contribution in [-0.4, -0.2) is 41.4 Å². The fourth-order valence-corrected chi connectivity index (χ4v) is 5.88. The highest BCUT2D eigenvalue weighted by atomic mass is 32.1. The Labute approximate surface area is 233 Å². The van der Waals surface area contributed by atoms with Crippen LogP contribution in [0.5, 0.6) is 0 Å². The number of carbonyl (C=O) groups is 3. The standard InChI is InChI=1S/C31H33N3O4S/c1-5-38-28(35)15-21(4)34-29(24-9-7-6-8-10-24)31(37)33(20(2)3)27-14-12-22(17-26(27)30(34)36)11-13-25-16-23(18-32)19-39-25/h6-10,12,14,16-17,19-21,29H,5,11,13,15H2,1-4H3. The predicted octanol–water partition coefficient (Wildman–Crippen LogP) is 5.69. The zero-order chi connectivity index (χ0) is 28.1. The maximum atomic E-state index is 14.3. The number of hydrogen-bond acceptors (Lipinski definition) is 6. The summed E-state index contributed by atoms with van der Waals surface area (Å²) in [5.74, 6) is -0.921. The number of benzene rings is 2. The molecule has 0 spiro atoms. The van der Waals surface area contributed by atoms with E-state index in [4.69, 9.17) is 10.00 Å². The molecular formula is C31H33N3O4S. The number of fused-ring (bicyclic) bond motifs is 1. The monoisotopic (exact) mass is 543 g/mol.